The van der Waals surface area contributed by atoms with Crippen LogP contribution < -0.4 is 5.32 Å². The highest BCUT2D eigenvalue weighted by molar-refractivity contribution is 5.87. The maximum absolute atomic E-state index is 10.3. The van der Waals surface area contributed by atoms with Gasteiger partial charge in [-0.2, -0.15) is 0 Å². The first-order valence-corrected chi connectivity index (χ1v) is 7.96. The summed E-state index contributed by atoms with van der Waals surface area (Å²) in [5, 5.41) is 16.3. The Hall–Kier alpha value is -1.58. The molecule has 0 bridgehead atoms. The Balaban J connectivity index is 1.61. The summed E-state index contributed by atoms with van der Waals surface area (Å²) in [6, 6.07) is 12.8. The number of phenolic OH excluding ortho intramolecular Hbond substituents is 1. The van der Waals surface area contributed by atoms with Crippen LogP contribution in [0.4, 0.5) is 0 Å². The van der Waals surface area contributed by atoms with E-state index in [0.717, 1.165) is 37.7 Å². The molecule has 2 aromatic rings. The van der Waals surface area contributed by atoms with Gasteiger partial charge < -0.3 is 10.4 Å². The molecule has 4 rings (SSSR count). The summed E-state index contributed by atoms with van der Waals surface area (Å²) in [5.41, 5.74) is 1.08. The number of piperidine rings is 1. The van der Waals surface area contributed by atoms with Crippen molar-refractivity contribution >= 4 is 10.8 Å². The molecule has 2 aromatic carbocycles. The predicted molar refractivity (Wildman–Crippen MR) is 85.4 cm³/mol. The second kappa shape index (κ2) is 5.32. The van der Waals surface area contributed by atoms with E-state index in [4.69, 9.17) is 0 Å². The molecule has 21 heavy (non-hydrogen) atoms. The molecule has 2 atom stereocenters. The number of likely N-dealkylation sites (tertiary alicyclic amines) is 1. The van der Waals surface area contributed by atoms with Gasteiger partial charge in [0.1, 0.15) is 5.75 Å². The lowest BCUT2D eigenvalue weighted by Gasteiger charge is -2.24. The summed E-state index contributed by atoms with van der Waals surface area (Å²) < 4.78 is 0. The average Bonchev–Trinajstić information content (AvgIpc) is 2.92. The molecule has 0 saturated carbocycles. The second-order valence-electron chi connectivity index (χ2n) is 6.44. The molecule has 3 nitrogen and oxygen atoms in total. The van der Waals surface area contributed by atoms with E-state index in [9.17, 15) is 5.11 Å². The summed E-state index contributed by atoms with van der Waals surface area (Å²) in [6.45, 7) is 4.27. The van der Waals surface area contributed by atoms with Gasteiger partial charge in [0.15, 0.2) is 0 Å². The number of rotatable bonds is 2. The summed E-state index contributed by atoms with van der Waals surface area (Å²) in [5.74, 6) is 1.22. The SMILES string of the molecule is Oc1ccc2ccccc2c1CN1CC2CCCNC2C1. The molecular formula is C18H22N2O. The van der Waals surface area contributed by atoms with Crippen LogP contribution in [0.25, 0.3) is 10.8 Å². The van der Waals surface area contributed by atoms with Crippen LogP contribution >= 0.6 is 0 Å². The molecule has 2 unspecified atom stereocenters. The van der Waals surface area contributed by atoms with Gasteiger partial charge in [-0.15, -0.1) is 0 Å². The third kappa shape index (κ3) is 2.41. The minimum atomic E-state index is 0.427. The molecule has 2 N–H and O–H groups in total. The van der Waals surface area contributed by atoms with Crippen LogP contribution in [0.5, 0.6) is 5.75 Å². The normalized spacial score (nSPS) is 26.1. The van der Waals surface area contributed by atoms with E-state index in [1.54, 1.807) is 0 Å². The van der Waals surface area contributed by atoms with Crippen LogP contribution in [0.15, 0.2) is 36.4 Å². The number of nitrogens with zero attached hydrogens (tertiary/aromatic N) is 1. The van der Waals surface area contributed by atoms with Crippen LogP contribution in [-0.2, 0) is 6.54 Å². The third-order valence-electron chi connectivity index (χ3n) is 5.07. The van der Waals surface area contributed by atoms with E-state index in [0.29, 0.717) is 11.8 Å². The van der Waals surface area contributed by atoms with Crippen molar-refractivity contribution in [1.82, 2.24) is 10.2 Å². The van der Waals surface area contributed by atoms with E-state index < -0.39 is 0 Å². The lowest BCUT2D eigenvalue weighted by molar-refractivity contribution is 0.308. The van der Waals surface area contributed by atoms with Crippen molar-refractivity contribution in [3.05, 3.63) is 42.0 Å². The summed E-state index contributed by atoms with van der Waals surface area (Å²) in [7, 11) is 0. The summed E-state index contributed by atoms with van der Waals surface area (Å²) >= 11 is 0. The molecule has 2 heterocycles. The molecule has 0 radical (unpaired) electrons. The number of hydrogen-bond acceptors (Lipinski definition) is 3. The number of benzene rings is 2. The highest BCUT2D eigenvalue weighted by Crippen LogP contribution is 2.31. The standard InChI is InChI=1S/C18H22N2O/c21-18-8-7-13-4-1-2-6-15(13)16(18)11-20-10-14-5-3-9-19-17(14)12-20/h1-2,4,6-8,14,17,19,21H,3,5,9-12H2. The number of fused-ring (bicyclic) bond motifs is 2. The molecule has 0 aliphatic carbocycles. The number of aromatic hydroxyl groups is 1. The second-order valence-corrected chi connectivity index (χ2v) is 6.44. The fourth-order valence-corrected chi connectivity index (χ4v) is 3.98. The predicted octanol–water partition coefficient (Wildman–Crippen LogP) is 2.73. The molecule has 2 fully saturated rings. The number of nitrogens with one attached hydrogen (secondary N) is 1. The van der Waals surface area contributed by atoms with Crippen LogP contribution in [0.3, 0.4) is 0 Å². The smallest absolute Gasteiger partial charge is 0.120 e. The van der Waals surface area contributed by atoms with Gasteiger partial charge in [-0.05, 0) is 42.1 Å². The van der Waals surface area contributed by atoms with Gasteiger partial charge in [-0.1, -0.05) is 30.3 Å². The molecule has 0 spiro atoms. The van der Waals surface area contributed by atoms with Crippen molar-refractivity contribution < 1.29 is 5.11 Å². The number of phenols is 1. The van der Waals surface area contributed by atoms with Crippen molar-refractivity contribution in [3.63, 3.8) is 0 Å². The molecule has 2 aliphatic heterocycles. The molecule has 2 saturated heterocycles. The van der Waals surface area contributed by atoms with Crippen molar-refractivity contribution in [3.8, 4) is 5.75 Å². The molecule has 110 valence electrons. The first-order valence-electron chi connectivity index (χ1n) is 7.96. The van der Waals surface area contributed by atoms with Crippen molar-refractivity contribution in [2.45, 2.75) is 25.4 Å². The quantitative estimate of drug-likeness (QED) is 0.889. The number of hydrogen-bond donors (Lipinski definition) is 2. The fraction of sp³-hybridized carbons (Fsp3) is 0.444. The van der Waals surface area contributed by atoms with Crippen LogP contribution in [0.1, 0.15) is 18.4 Å². The monoisotopic (exact) mass is 282 g/mol. The molecule has 0 aromatic heterocycles. The maximum Gasteiger partial charge on any atom is 0.120 e. The largest absolute Gasteiger partial charge is 0.508 e. The molecule has 2 aliphatic rings. The lowest BCUT2D eigenvalue weighted by Crippen LogP contribution is -2.40. The zero-order chi connectivity index (χ0) is 14.2. The minimum absolute atomic E-state index is 0.427. The van der Waals surface area contributed by atoms with E-state index in [1.165, 1.54) is 23.6 Å². The lowest BCUT2D eigenvalue weighted by atomic mass is 9.94. The Labute approximate surface area is 125 Å². The first kappa shape index (κ1) is 13.1. The Morgan fingerprint density at radius 3 is 2.95 bits per heavy atom. The highest BCUT2D eigenvalue weighted by Gasteiger charge is 2.34. The van der Waals surface area contributed by atoms with Gasteiger partial charge in [-0.3, -0.25) is 4.90 Å². The molecule has 0 amide bonds. The van der Waals surface area contributed by atoms with Gasteiger partial charge in [0, 0.05) is 31.2 Å². The van der Waals surface area contributed by atoms with Gasteiger partial charge in [0.25, 0.3) is 0 Å². The van der Waals surface area contributed by atoms with E-state index in [-0.39, 0.29) is 0 Å². The topological polar surface area (TPSA) is 35.5 Å². The van der Waals surface area contributed by atoms with Crippen LogP contribution in [0.2, 0.25) is 0 Å². The highest BCUT2D eigenvalue weighted by atomic mass is 16.3. The zero-order valence-electron chi connectivity index (χ0n) is 12.3. The van der Waals surface area contributed by atoms with Gasteiger partial charge in [0.05, 0.1) is 0 Å². The van der Waals surface area contributed by atoms with Gasteiger partial charge in [0.2, 0.25) is 0 Å². The minimum Gasteiger partial charge on any atom is -0.508 e. The molecule has 3 heteroatoms. The Kier molecular flexibility index (Phi) is 3.32. The van der Waals surface area contributed by atoms with Gasteiger partial charge >= 0.3 is 0 Å². The summed E-state index contributed by atoms with van der Waals surface area (Å²) in [4.78, 5) is 2.50. The Morgan fingerprint density at radius 1 is 1.14 bits per heavy atom. The maximum atomic E-state index is 10.3. The van der Waals surface area contributed by atoms with Crippen molar-refractivity contribution in [1.29, 1.82) is 0 Å². The first-order chi connectivity index (χ1) is 10.3. The Bertz CT molecular complexity index is 641. The van der Waals surface area contributed by atoms with Crippen molar-refractivity contribution in [2.24, 2.45) is 5.92 Å². The fourth-order valence-electron chi connectivity index (χ4n) is 3.98. The van der Waals surface area contributed by atoms with Gasteiger partial charge in [-0.25, -0.2) is 0 Å². The van der Waals surface area contributed by atoms with E-state index in [1.807, 2.05) is 12.1 Å². The van der Waals surface area contributed by atoms with E-state index >= 15 is 0 Å². The van der Waals surface area contributed by atoms with Crippen molar-refractivity contribution in [2.75, 3.05) is 19.6 Å². The summed E-state index contributed by atoms with van der Waals surface area (Å²) in [6.07, 6.45) is 2.64. The van der Waals surface area contributed by atoms with E-state index in [2.05, 4.69) is 34.5 Å². The zero-order valence-corrected chi connectivity index (χ0v) is 12.3. The molecular weight excluding hydrogens is 260 g/mol. The third-order valence-corrected chi connectivity index (χ3v) is 5.07. The average molecular weight is 282 g/mol. The Morgan fingerprint density at radius 2 is 2.05 bits per heavy atom. The van der Waals surface area contributed by atoms with Crippen LogP contribution in [-0.4, -0.2) is 35.7 Å². The van der Waals surface area contributed by atoms with Crippen LogP contribution in [0, 0.1) is 5.92 Å².